The molecule has 0 aromatic carbocycles. The van der Waals surface area contributed by atoms with E-state index in [1.807, 2.05) is 5.32 Å². The van der Waals surface area contributed by atoms with Crippen LogP contribution in [0.2, 0.25) is 0 Å². The number of hydrogen-bond donors (Lipinski definition) is 4. The van der Waals surface area contributed by atoms with Crippen molar-refractivity contribution in [3.8, 4) is 0 Å². The van der Waals surface area contributed by atoms with Gasteiger partial charge >= 0.3 is 5.97 Å². The Kier molecular flexibility index (Phi) is 5.61. The molecule has 15 heavy (non-hydrogen) atoms. The first-order chi connectivity index (χ1) is 6.76. The third-order valence-electron chi connectivity index (χ3n) is 1.35. The Bertz CT molecular complexity index is 338. The van der Waals surface area contributed by atoms with Crippen LogP contribution in [-0.4, -0.2) is 47.5 Å². The molecule has 7 nitrogen and oxygen atoms in total. The molecule has 1 atom stereocenters. The molecule has 1 unspecified atom stereocenters. The van der Waals surface area contributed by atoms with E-state index in [9.17, 15) is 18.0 Å². The lowest BCUT2D eigenvalue weighted by molar-refractivity contribution is -0.141. The minimum atomic E-state index is -4.44. The second kappa shape index (κ2) is 5.93. The summed E-state index contributed by atoms with van der Waals surface area (Å²) in [5, 5.41) is 10.5. The smallest absolute Gasteiger partial charge is 0.327 e. The van der Waals surface area contributed by atoms with Gasteiger partial charge in [-0.05, 0) is 5.75 Å². The number of rotatable bonds is 6. The summed E-state index contributed by atoms with van der Waals surface area (Å²) in [6, 6.07) is -1.65. The van der Waals surface area contributed by atoms with Crippen molar-refractivity contribution in [3.63, 3.8) is 0 Å². The lowest BCUT2D eigenvalue weighted by Gasteiger charge is -2.12. The predicted molar refractivity (Wildman–Crippen MR) is 54.5 cm³/mol. The number of carboxylic acids is 1. The number of amides is 1. The van der Waals surface area contributed by atoms with Crippen LogP contribution in [-0.2, 0) is 19.7 Å². The van der Waals surface area contributed by atoms with Gasteiger partial charge in [-0.25, -0.2) is 4.79 Å². The Morgan fingerprint density at radius 1 is 1.40 bits per heavy atom. The quantitative estimate of drug-likeness (QED) is 0.349. The standard InChI is InChI=1S/C6H11NO6S2/c8-5(1-2-14)7-4(6(9)10)3-15(11,12)13/h4,14H,1-3H2,(H,7,8)(H,9,10)(H,11,12,13). The fourth-order valence-corrected chi connectivity index (χ4v) is 1.60. The van der Waals surface area contributed by atoms with Gasteiger partial charge in [-0.1, -0.05) is 0 Å². The highest BCUT2D eigenvalue weighted by molar-refractivity contribution is 7.85. The van der Waals surface area contributed by atoms with Crippen molar-refractivity contribution in [2.45, 2.75) is 12.5 Å². The van der Waals surface area contributed by atoms with Gasteiger partial charge in [0.2, 0.25) is 5.91 Å². The molecule has 1 amide bonds. The second-order valence-electron chi connectivity index (χ2n) is 2.68. The number of aliphatic carboxylic acids is 1. The zero-order valence-electron chi connectivity index (χ0n) is 7.58. The highest BCUT2D eigenvalue weighted by Crippen LogP contribution is 1.94. The maximum atomic E-state index is 10.9. The summed E-state index contributed by atoms with van der Waals surface area (Å²) in [5.74, 6) is -3.01. The van der Waals surface area contributed by atoms with Gasteiger partial charge < -0.3 is 10.4 Å². The van der Waals surface area contributed by atoms with E-state index in [2.05, 4.69) is 12.6 Å². The van der Waals surface area contributed by atoms with E-state index in [0.29, 0.717) is 0 Å². The Morgan fingerprint density at radius 2 is 1.93 bits per heavy atom. The zero-order valence-corrected chi connectivity index (χ0v) is 9.29. The third-order valence-corrected chi connectivity index (χ3v) is 2.33. The van der Waals surface area contributed by atoms with Crippen molar-refractivity contribution in [2.24, 2.45) is 0 Å². The van der Waals surface area contributed by atoms with Crippen molar-refractivity contribution in [1.82, 2.24) is 5.32 Å². The molecule has 3 N–H and O–H groups in total. The van der Waals surface area contributed by atoms with Gasteiger partial charge in [-0.3, -0.25) is 9.35 Å². The number of thiol groups is 1. The zero-order chi connectivity index (χ0) is 12.1. The molecule has 0 heterocycles. The minimum Gasteiger partial charge on any atom is -0.480 e. The lowest BCUT2D eigenvalue weighted by atomic mass is 10.3. The molecular formula is C6H11NO6S2. The van der Waals surface area contributed by atoms with E-state index in [-0.39, 0.29) is 12.2 Å². The number of hydrogen-bond acceptors (Lipinski definition) is 5. The Morgan fingerprint density at radius 3 is 2.27 bits per heavy atom. The summed E-state index contributed by atoms with van der Waals surface area (Å²) in [4.78, 5) is 21.5. The van der Waals surface area contributed by atoms with Gasteiger partial charge in [0.05, 0.1) is 0 Å². The molecule has 0 spiro atoms. The Balaban J connectivity index is 4.43. The molecule has 88 valence electrons. The largest absolute Gasteiger partial charge is 0.480 e. The molecule has 0 aromatic rings. The lowest BCUT2D eigenvalue weighted by Crippen LogP contribution is -2.45. The highest BCUT2D eigenvalue weighted by atomic mass is 32.2. The molecule has 0 radical (unpaired) electrons. The maximum absolute atomic E-state index is 10.9. The molecule has 9 heteroatoms. The van der Waals surface area contributed by atoms with Crippen molar-refractivity contribution < 1.29 is 27.7 Å². The monoisotopic (exact) mass is 257 g/mol. The van der Waals surface area contributed by atoms with E-state index >= 15 is 0 Å². The fraction of sp³-hybridized carbons (Fsp3) is 0.667. The summed E-state index contributed by atoms with van der Waals surface area (Å²) < 4.78 is 29.2. The van der Waals surface area contributed by atoms with Gasteiger partial charge in [-0.15, -0.1) is 0 Å². The molecule has 0 fully saturated rings. The van der Waals surface area contributed by atoms with Gasteiger partial charge in [0, 0.05) is 6.42 Å². The molecule has 0 saturated heterocycles. The summed E-state index contributed by atoms with van der Waals surface area (Å²) in [6.45, 7) is 0. The average Bonchev–Trinajstić information content (AvgIpc) is 2.00. The van der Waals surface area contributed by atoms with Crippen LogP contribution in [0.25, 0.3) is 0 Å². The summed E-state index contributed by atoms with van der Waals surface area (Å²) in [7, 11) is -4.44. The second-order valence-corrected chi connectivity index (χ2v) is 4.62. The summed E-state index contributed by atoms with van der Waals surface area (Å²) in [5.41, 5.74) is 0. The highest BCUT2D eigenvalue weighted by Gasteiger charge is 2.25. The number of carboxylic acid groups (broad SMARTS) is 1. The molecule has 0 aliphatic carbocycles. The van der Waals surface area contributed by atoms with E-state index < -0.39 is 33.8 Å². The molecule has 0 bridgehead atoms. The van der Waals surface area contributed by atoms with Crippen LogP contribution >= 0.6 is 12.6 Å². The van der Waals surface area contributed by atoms with Gasteiger partial charge in [0.1, 0.15) is 11.8 Å². The first kappa shape index (κ1) is 14.2. The normalized spacial score (nSPS) is 13.2. The van der Waals surface area contributed by atoms with Crippen molar-refractivity contribution in [1.29, 1.82) is 0 Å². The van der Waals surface area contributed by atoms with Crippen LogP contribution < -0.4 is 5.32 Å². The van der Waals surface area contributed by atoms with Crippen LogP contribution in [0.5, 0.6) is 0 Å². The summed E-state index contributed by atoms with van der Waals surface area (Å²) >= 11 is 3.74. The molecule has 0 saturated carbocycles. The van der Waals surface area contributed by atoms with E-state index in [0.717, 1.165) is 0 Å². The molecular weight excluding hydrogens is 246 g/mol. The third kappa shape index (κ3) is 7.17. The molecule has 0 aliphatic heterocycles. The van der Waals surface area contributed by atoms with Crippen LogP contribution in [0.15, 0.2) is 0 Å². The molecule has 0 rings (SSSR count). The number of carbonyl (C=O) groups is 2. The van der Waals surface area contributed by atoms with Crippen molar-refractivity contribution in [2.75, 3.05) is 11.5 Å². The topological polar surface area (TPSA) is 121 Å². The van der Waals surface area contributed by atoms with E-state index in [1.54, 1.807) is 0 Å². The van der Waals surface area contributed by atoms with Crippen LogP contribution in [0.3, 0.4) is 0 Å². The van der Waals surface area contributed by atoms with Crippen LogP contribution in [0.4, 0.5) is 0 Å². The van der Waals surface area contributed by atoms with Gasteiger partial charge in [0.15, 0.2) is 0 Å². The SMILES string of the molecule is O=C(CCS)NC(CS(=O)(=O)O)C(=O)O. The first-order valence-electron chi connectivity index (χ1n) is 3.84. The molecule has 0 aromatic heterocycles. The van der Waals surface area contributed by atoms with Crippen molar-refractivity contribution >= 4 is 34.6 Å². The maximum Gasteiger partial charge on any atom is 0.327 e. The number of carbonyl (C=O) groups excluding carboxylic acids is 1. The van der Waals surface area contributed by atoms with Crippen LogP contribution in [0.1, 0.15) is 6.42 Å². The van der Waals surface area contributed by atoms with Crippen molar-refractivity contribution in [3.05, 3.63) is 0 Å². The first-order valence-corrected chi connectivity index (χ1v) is 6.08. The Hall–Kier alpha value is -0.800. The average molecular weight is 257 g/mol. The van der Waals surface area contributed by atoms with E-state index in [1.165, 1.54) is 0 Å². The van der Waals surface area contributed by atoms with E-state index in [4.69, 9.17) is 9.66 Å². The van der Waals surface area contributed by atoms with Gasteiger partial charge in [0.25, 0.3) is 10.1 Å². The number of nitrogens with one attached hydrogen (secondary N) is 1. The molecule has 0 aliphatic rings. The van der Waals surface area contributed by atoms with Gasteiger partial charge in [-0.2, -0.15) is 21.0 Å². The fourth-order valence-electron chi connectivity index (χ4n) is 0.753. The predicted octanol–water partition coefficient (Wildman–Crippen LogP) is -1.24. The Labute approximate surface area is 92.0 Å². The summed E-state index contributed by atoms with van der Waals surface area (Å²) in [6.07, 6.45) is -0.0294. The minimum absolute atomic E-state index is 0.0294. The van der Waals surface area contributed by atoms with Crippen LogP contribution in [0, 0.1) is 0 Å².